The van der Waals surface area contributed by atoms with Crippen LogP contribution in [0.5, 0.6) is 0 Å². The van der Waals surface area contributed by atoms with Gasteiger partial charge in [0.25, 0.3) is 5.56 Å². The van der Waals surface area contributed by atoms with Crippen LogP contribution in [-0.2, 0) is 9.47 Å². The van der Waals surface area contributed by atoms with Gasteiger partial charge in [-0.2, -0.15) is 4.39 Å². The van der Waals surface area contributed by atoms with Crippen molar-refractivity contribution < 1.29 is 13.9 Å². The van der Waals surface area contributed by atoms with Crippen LogP contribution in [0.3, 0.4) is 0 Å². The zero-order valence-corrected chi connectivity index (χ0v) is 7.03. The van der Waals surface area contributed by atoms with Gasteiger partial charge in [0.2, 0.25) is 12.2 Å². The molecule has 0 spiro atoms. The summed E-state index contributed by atoms with van der Waals surface area (Å²) in [6, 6.07) is 0. The van der Waals surface area contributed by atoms with Crippen LogP contribution in [0.1, 0.15) is 6.41 Å². The third kappa shape index (κ3) is 1.47. The molecule has 0 saturated carbocycles. The average molecular weight is 202 g/mol. The van der Waals surface area contributed by atoms with Gasteiger partial charge >= 0.3 is 5.69 Å². The van der Waals surface area contributed by atoms with Crippen molar-refractivity contribution in [3.05, 3.63) is 32.9 Å². The van der Waals surface area contributed by atoms with Crippen molar-refractivity contribution >= 4 is 0 Å². The lowest BCUT2D eigenvalue weighted by molar-refractivity contribution is -0.105. The first-order valence-corrected chi connectivity index (χ1v) is 3.92. The summed E-state index contributed by atoms with van der Waals surface area (Å²) in [5.74, 6) is -1.05. The SMILES string of the molecule is O=c1[nH]c(=O)n(C2OCCO2)cc1F. The van der Waals surface area contributed by atoms with Crippen molar-refractivity contribution in [3.63, 3.8) is 0 Å². The van der Waals surface area contributed by atoms with Gasteiger partial charge in [0.05, 0.1) is 19.4 Å². The maximum Gasteiger partial charge on any atom is 0.332 e. The molecule has 0 unspecified atom stereocenters. The zero-order chi connectivity index (χ0) is 10.1. The average Bonchev–Trinajstić information content (AvgIpc) is 2.64. The number of aromatic nitrogens is 2. The van der Waals surface area contributed by atoms with E-state index >= 15 is 0 Å². The summed E-state index contributed by atoms with van der Waals surface area (Å²) in [5, 5.41) is 0. The van der Waals surface area contributed by atoms with Crippen LogP contribution in [0.4, 0.5) is 4.39 Å². The fourth-order valence-electron chi connectivity index (χ4n) is 1.12. The van der Waals surface area contributed by atoms with Crippen LogP contribution < -0.4 is 11.2 Å². The van der Waals surface area contributed by atoms with E-state index in [0.717, 1.165) is 10.8 Å². The van der Waals surface area contributed by atoms with E-state index in [1.807, 2.05) is 0 Å². The number of aromatic amines is 1. The highest BCUT2D eigenvalue weighted by Crippen LogP contribution is 2.12. The molecular weight excluding hydrogens is 195 g/mol. The fourth-order valence-corrected chi connectivity index (χ4v) is 1.12. The van der Waals surface area contributed by atoms with Crippen LogP contribution in [-0.4, -0.2) is 22.8 Å². The summed E-state index contributed by atoms with van der Waals surface area (Å²) >= 11 is 0. The van der Waals surface area contributed by atoms with Crippen molar-refractivity contribution in [2.24, 2.45) is 0 Å². The number of hydrogen-bond acceptors (Lipinski definition) is 4. The second kappa shape index (κ2) is 3.35. The van der Waals surface area contributed by atoms with Crippen molar-refractivity contribution in [3.8, 4) is 0 Å². The Bertz CT molecular complexity index is 446. The fraction of sp³-hybridized carbons (Fsp3) is 0.429. The summed E-state index contributed by atoms with van der Waals surface area (Å²) in [7, 11) is 0. The molecule has 1 aliphatic rings. The molecule has 2 rings (SSSR count). The summed E-state index contributed by atoms with van der Waals surface area (Å²) < 4.78 is 23.6. The third-order valence-corrected chi connectivity index (χ3v) is 1.76. The normalized spacial score (nSPS) is 17.5. The number of nitrogens with one attached hydrogen (secondary N) is 1. The maximum absolute atomic E-state index is 12.8. The van der Waals surface area contributed by atoms with Crippen molar-refractivity contribution in [1.82, 2.24) is 9.55 Å². The smallest absolute Gasteiger partial charge is 0.332 e. The van der Waals surface area contributed by atoms with Gasteiger partial charge < -0.3 is 9.47 Å². The first-order chi connectivity index (χ1) is 6.68. The molecular formula is C7H7FN2O4. The molecule has 1 saturated heterocycles. The van der Waals surface area contributed by atoms with Gasteiger partial charge in [-0.05, 0) is 0 Å². The second-order valence-corrected chi connectivity index (χ2v) is 2.69. The molecule has 7 heteroatoms. The molecule has 1 aliphatic heterocycles. The summed E-state index contributed by atoms with van der Waals surface area (Å²) in [6.45, 7) is 0.662. The lowest BCUT2D eigenvalue weighted by atomic mass is 10.6. The quantitative estimate of drug-likeness (QED) is 0.645. The Morgan fingerprint density at radius 2 is 2.07 bits per heavy atom. The highest BCUT2D eigenvalue weighted by Gasteiger charge is 2.20. The summed E-state index contributed by atoms with van der Waals surface area (Å²) in [5.41, 5.74) is -1.81. The van der Waals surface area contributed by atoms with E-state index in [4.69, 9.17) is 9.47 Å². The molecule has 0 amide bonds. The highest BCUT2D eigenvalue weighted by atomic mass is 19.1. The maximum atomic E-state index is 12.8. The van der Waals surface area contributed by atoms with E-state index in [2.05, 4.69) is 0 Å². The number of nitrogens with zero attached hydrogens (tertiary/aromatic N) is 1. The highest BCUT2D eigenvalue weighted by molar-refractivity contribution is 4.87. The number of hydrogen-bond donors (Lipinski definition) is 1. The molecule has 0 aliphatic carbocycles. The molecule has 0 bridgehead atoms. The van der Waals surface area contributed by atoms with Crippen molar-refractivity contribution in [2.45, 2.75) is 6.41 Å². The van der Waals surface area contributed by atoms with Gasteiger partial charge in [0, 0.05) is 0 Å². The van der Waals surface area contributed by atoms with Gasteiger partial charge in [-0.25, -0.2) is 9.36 Å². The first kappa shape index (κ1) is 9.10. The van der Waals surface area contributed by atoms with Gasteiger partial charge in [-0.15, -0.1) is 0 Å². The van der Waals surface area contributed by atoms with Gasteiger partial charge in [0.1, 0.15) is 0 Å². The Morgan fingerprint density at radius 3 is 2.71 bits per heavy atom. The Morgan fingerprint density at radius 1 is 1.43 bits per heavy atom. The van der Waals surface area contributed by atoms with Crippen LogP contribution in [0, 0.1) is 5.82 Å². The second-order valence-electron chi connectivity index (χ2n) is 2.69. The molecule has 0 radical (unpaired) electrons. The summed E-state index contributed by atoms with van der Waals surface area (Å²) in [6.07, 6.45) is -0.189. The lowest BCUT2D eigenvalue weighted by Gasteiger charge is -2.10. The number of rotatable bonds is 1. The van der Waals surface area contributed by atoms with E-state index in [1.54, 1.807) is 4.98 Å². The monoisotopic (exact) mass is 202 g/mol. The molecule has 0 aromatic carbocycles. The minimum Gasteiger partial charge on any atom is -0.332 e. The Balaban J connectivity index is 2.47. The Labute approximate surface area is 76.9 Å². The summed E-state index contributed by atoms with van der Waals surface area (Å²) in [4.78, 5) is 23.6. The predicted octanol–water partition coefficient (Wildman–Crippen LogP) is -0.821. The zero-order valence-electron chi connectivity index (χ0n) is 7.03. The van der Waals surface area contributed by atoms with E-state index in [1.165, 1.54) is 0 Å². The minimum absolute atomic E-state index is 0.331. The predicted molar refractivity (Wildman–Crippen MR) is 42.2 cm³/mol. The molecule has 2 heterocycles. The third-order valence-electron chi connectivity index (χ3n) is 1.76. The van der Waals surface area contributed by atoms with E-state index < -0.39 is 23.5 Å². The van der Waals surface area contributed by atoms with Crippen LogP contribution in [0.25, 0.3) is 0 Å². The largest absolute Gasteiger partial charge is 0.332 e. The Hall–Kier alpha value is -1.47. The van der Waals surface area contributed by atoms with Crippen LogP contribution in [0.2, 0.25) is 0 Å². The van der Waals surface area contributed by atoms with Gasteiger partial charge in [-0.3, -0.25) is 9.78 Å². The molecule has 0 atom stereocenters. The number of ether oxygens (including phenoxy) is 2. The number of halogens is 1. The molecule has 6 nitrogen and oxygen atoms in total. The molecule has 1 N–H and O–H groups in total. The lowest BCUT2D eigenvalue weighted by Crippen LogP contribution is -2.34. The topological polar surface area (TPSA) is 73.3 Å². The standard InChI is InChI=1S/C7H7FN2O4/c8-4-3-10(6(12)9-5(4)11)7-13-1-2-14-7/h3,7H,1-2H2,(H,9,11,12). The minimum atomic E-state index is -1.05. The molecule has 1 aromatic rings. The van der Waals surface area contributed by atoms with E-state index in [-0.39, 0.29) is 0 Å². The van der Waals surface area contributed by atoms with Crippen LogP contribution >= 0.6 is 0 Å². The molecule has 1 fully saturated rings. The van der Waals surface area contributed by atoms with E-state index in [9.17, 15) is 14.0 Å². The molecule has 76 valence electrons. The van der Waals surface area contributed by atoms with Gasteiger partial charge in [-0.1, -0.05) is 0 Å². The van der Waals surface area contributed by atoms with Crippen LogP contribution in [0.15, 0.2) is 15.8 Å². The number of H-pyrrole nitrogens is 1. The van der Waals surface area contributed by atoms with Gasteiger partial charge in [0.15, 0.2) is 0 Å². The Kier molecular flexibility index (Phi) is 2.18. The van der Waals surface area contributed by atoms with Crippen molar-refractivity contribution in [1.29, 1.82) is 0 Å². The first-order valence-electron chi connectivity index (χ1n) is 3.92. The van der Waals surface area contributed by atoms with E-state index in [0.29, 0.717) is 13.2 Å². The molecule has 1 aromatic heterocycles. The molecule has 14 heavy (non-hydrogen) atoms. The van der Waals surface area contributed by atoms with Crippen molar-refractivity contribution in [2.75, 3.05) is 13.2 Å².